The van der Waals surface area contributed by atoms with Gasteiger partial charge in [-0.2, -0.15) is 0 Å². The summed E-state index contributed by atoms with van der Waals surface area (Å²) in [6.45, 7) is 4.92. The Bertz CT molecular complexity index is 300. The van der Waals surface area contributed by atoms with E-state index in [0.717, 1.165) is 23.6 Å². The van der Waals surface area contributed by atoms with Crippen LogP contribution in [0.4, 0.5) is 5.69 Å². The van der Waals surface area contributed by atoms with Crippen molar-refractivity contribution >= 4 is 17.3 Å². The number of nitrogens with one attached hydrogen (secondary N) is 1. The fraction of sp³-hybridized carbons (Fsp3) is 0.500. The number of nitrogens with two attached hydrogens (primary N) is 1. The molecule has 0 saturated carbocycles. The first-order chi connectivity index (χ1) is 7.15. The normalized spacial score (nSPS) is 11.5. The molecule has 0 radical (unpaired) electrons. The second-order valence-electron chi connectivity index (χ2n) is 3.83. The number of anilines is 1. The van der Waals surface area contributed by atoms with Crippen LogP contribution in [-0.2, 0) is 0 Å². The molecule has 0 aliphatic carbocycles. The highest BCUT2D eigenvalue weighted by Gasteiger charge is 2.23. The van der Waals surface area contributed by atoms with Gasteiger partial charge in [-0.15, -0.1) is 0 Å². The van der Waals surface area contributed by atoms with Gasteiger partial charge in [-0.25, -0.2) is 0 Å². The highest BCUT2D eigenvalue weighted by molar-refractivity contribution is 6.30. The molecule has 0 saturated heterocycles. The van der Waals surface area contributed by atoms with Crippen LogP contribution in [0.15, 0.2) is 24.3 Å². The fourth-order valence-corrected chi connectivity index (χ4v) is 1.83. The van der Waals surface area contributed by atoms with E-state index in [-0.39, 0.29) is 5.54 Å². The lowest BCUT2D eigenvalue weighted by Gasteiger charge is -2.32. The number of rotatable bonds is 5. The summed E-state index contributed by atoms with van der Waals surface area (Å²) in [6, 6.07) is 7.75. The van der Waals surface area contributed by atoms with Gasteiger partial charge in [0.05, 0.1) is 0 Å². The Labute approximate surface area is 96.8 Å². The molecule has 0 aromatic heterocycles. The Hall–Kier alpha value is -0.730. The van der Waals surface area contributed by atoms with Gasteiger partial charge in [0.15, 0.2) is 0 Å². The van der Waals surface area contributed by atoms with Crippen molar-refractivity contribution in [1.82, 2.24) is 0 Å². The average Bonchev–Trinajstić information content (AvgIpc) is 2.26. The van der Waals surface area contributed by atoms with Gasteiger partial charge in [-0.1, -0.05) is 31.5 Å². The van der Waals surface area contributed by atoms with Crippen molar-refractivity contribution in [3.8, 4) is 0 Å². The van der Waals surface area contributed by atoms with Crippen molar-refractivity contribution in [1.29, 1.82) is 0 Å². The Balaban J connectivity index is 2.82. The molecule has 15 heavy (non-hydrogen) atoms. The van der Waals surface area contributed by atoms with E-state index >= 15 is 0 Å². The summed E-state index contributed by atoms with van der Waals surface area (Å²) in [5.41, 5.74) is 6.85. The molecule has 1 rings (SSSR count). The average molecular weight is 227 g/mol. The zero-order valence-electron chi connectivity index (χ0n) is 9.39. The zero-order valence-corrected chi connectivity index (χ0v) is 10.1. The van der Waals surface area contributed by atoms with Gasteiger partial charge >= 0.3 is 0 Å². The molecule has 0 amide bonds. The molecule has 84 valence electrons. The van der Waals surface area contributed by atoms with Crippen LogP contribution < -0.4 is 11.1 Å². The number of hydrogen-bond donors (Lipinski definition) is 2. The Morgan fingerprint density at radius 2 is 2.00 bits per heavy atom. The maximum atomic E-state index is 5.93. The summed E-state index contributed by atoms with van der Waals surface area (Å²) < 4.78 is 0. The zero-order chi connectivity index (χ0) is 11.3. The van der Waals surface area contributed by atoms with Crippen LogP contribution in [0.2, 0.25) is 5.02 Å². The van der Waals surface area contributed by atoms with E-state index in [1.807, 2.05) is 24.3 Å². The molecule has 3 N–H and O–H groups in total. The lowest BCUT2D eigenvalue weighted by molar-refractivity contribution is 0.445. The van der Waals surface area contributed by atoms with E-state index in [2.05, 4.69) is 19.2 Å². The van der Waals surface area contributed by atoms with Crippen LogP contribution in [0.3, 0.4) is 0 Å². The molecular weight excluding hydrogens is 208 g/mol. The predicted molar refractivity (Wildman–Crippen MR) is 67.4 cm³/mol. The molecule has 2 nitrogen and oxygen atoms in total. The van der Waals surface area contributed by atoms with Crippen molar-refractivity contribution in [2.45, 2.75) is 32.2 Å². The summed E-state index contributed by atoms with van der Waals surface area (Å²) >= 11 is 5.93. The molecular formula is C12H19ClN2. The Morgan fingerprint density at radius 3 is 2.47 bits per heavy atom. The smallest absolute Gasteiger partial charge is 0.0490 e. The second-order valence-corrected chi connectivity index (χ2v) is 4.26. The number of benzene rings is 1. The summed E-state index contributed by atoms with van der Waals surface area (Å²) in [7, 11) is 0. The van der Waals surface area contributed by atoms with Crippen LogP contribution in [0.5, 0.6) is 0 Å². The third-order valence-electron chi connectivity index (χ3n) is 2.98. The minimum absolute atomic E-state index is 0.00924. The maximum absolute atomic E-state index is 5.93. The van der Waals surface area contributed by atoms with E-state index < -0.39 is 0 Å². The first kappa shape index (κ1) is 12.3. The van der Waals surface area contributed by atoms with Crippen molar-refractivity contribution in [2.75, 3.05) is 11.9 Å². The lowest BCUT2D eigenvalue weighted by Crippen LogP contribution is -2.44. The highest BCUT2D eigenvalue weighted by atomic mass is 35.5. The largest absolute Gasteiger partial charge is 0.378 e. The molecule has 0 spiro atoms. The topological polar surface area (TPSA) is 38.0 Å². The van der Waals surface area contributed by atoms with Crippen LogP contribution in [0.1, 0.15) is 26.7 Å². The first-order valence-electron chi connectivity index (χ1n) is 5.39. The van der Waals surface area contributed by atoms with Crippen LogP contribution in [0.25, 0.3) is 0 Å². The third-order valence-corrected chi connectivity index (χ3v) is 3.21. The van der Waals surface area contributed by atoms with Crippen molar-refractivity contribution in [3.05, 3.63) is 29.3 Å². The number of halogens is 1. The molecule has 0 aliphatic heterocycles. The van der Waals surface area contributed by atoms with Crippen LogP contribution in [0, 0.1) is 0 Å². The van der Waals surface area contributed by atoms with Crippen LogP contribution >= 0.6 is 11.6 Å². The quantitative estimate of drug-likeness (QED) is 0.809. The van der Waals surface area contributed by atoms with Crippen molar-refractivity contribution in [2.24, 2.45) is 5.73 Å². The first-order valence-corrected chi connectivity index (χ1v) is 5.77. The summed E-state index contributed by atoms with van der Waals surface area (Å²) in [6.07, 6.45) is 2.01. The fourth-order valence-electron chi connectivity index (χ4n) is 1.64. The molecule has 0 fully saturated rings. The van der Waals surface area contributed by atoms with E-state index in [0.29, 0.717) is 6.54 Å². The van der Waals surface area contributed by atoms with E-state index in [1.54, 1.807) is 0 Å². The molecule has 0 bridgehead atoms. The van der Waals surface area contributed by atoms with Crippen molar-refractivity contribution < 1.29 is 0 Å². The Kier molecular flexibility index (Phi) is 4.43. The van der Waals surface area contributed by atoms with E-state index in [9.17, 15) is 0 Å². The molecule has 0 heterocycles. The highest BCUT2D eigenvalue weighted by Crippen LogP contribution is 2.23. The van der Waals surface area contributed by atoms with Gasteiger partial charge in [-0.05, 0) is 31.0 Å². The monoisotopic (exact) mass is 226 g/mol. The molecule has 0 atom stereocenters. The third kappa shape index (κ3) is 3.11. The number of hydrogen-bond acceptors (Lipinski definition) is 2. The Morgan fingerprint density at radius 1 is 1.33 bits per heavy atom. The summed E-state index contributed by atoms with van der Waals surface area (Å²) in [5.74, 6) is 0. The predicted octanol–water partition coefficient (Wildman–Crippen LogP) is 3.27. The lowest BCUT2D eigenvalue weighted by atomic mass is 9.92. The van der Waals surface area contributed by atoms with Gasteiger partial charge in [0.25, 0.3) is 0 Å². The minimum Gasteiger partial charge on any atom is -0.378 e. The second kappa shape index (κ2) is 5.38. The minimum atomic E-state index is -0.00924. The van der Waals surface area contributed by atoms with Gasteiger partial charge < -0.3 is 11.1 Å². The SMILES string of the molecule is CCC(CC)(CN)Nc1cccc(Cl)c1. The molecule has 0 unspecified atom stereocenters. The molecule has 0 aliphatic rings. The molecule has 3 heteroatoms. The summed E-state index contributed by atoms with van der Waals surface area (Å²) in [5, 5.41) is 4.22. The molecule has 1 aromatic carbocycles. The van der Waals surface area contributed by atoms with Gasteiger partial charge in [-0.3, -0.25) is 0 Å². The van der Waals surface area contributed by atoms with Gasteiger partial charge in [0.2, 0.25) is 0 Å². The molecule has 1 aromatic rings. The van der Waals surface area contributed by atoms with Crippen LogP contribution in [-0.4, -0.2) is 12.1 Å². The van der Waals surface area contributed by atoms with Gasteiger partial charge in [0, 0.05) is 22.8 Å². The standard InChI is InChI=1S/C12H19ClN2/c1-3-12(4-2,9-14)15-11-7-5-6-10(13)8-11/h5-8,15H,3-4,9,14H2,1-2H3. The summed E-state index contributed by atoms with van der Waals surface area (Å²) in [4.78, 5) is 0. The van der Waals surface area contributed by atoms with E-state index in [4.69, 9.17) is 17.3 Å². The van der Waals surface area contributed by atoms with Gasteiger partial charge in [0.1, 0.15) is 0 Å². The van der Waals surface area contributed by atoms with Crippen molar-refractivity contribution in [3.63, 3.8) is 0 Å². The maximum Gasteiger partial charge on any atom is 0.0490 e. The van der Waals surface area contributed by atoms with E-state index in [1.165, 1.54) is 0 Å².